The van der Waals surface area contributed by atoms with Gasteiger partial charge >= 0.3 is 5.97 Å². The highest BCUT2D eigenvalue weighted by Crippen LogP contribution is 2.14. The monoisotopic (exact) mass is 256 g/mol. The van der Waals surface area contributed by atoms with E-state index in [0.29, 0.717) is 12.5 Å². The number of esters is 1. The van der Waals surface area contributed by atoms with Crippen molar-refractivity contribution in [2.24, 2.45) is 5.92 Å². The van der Waals surface area contributed by atoms with E-state index in [9.17, 15) is 4.79 Å². The number of nitrogens with zero attached hydrogens (tertiary/aromatic N) is 1. The summed E-state index contributed by atoms with van der Waals surface area (Å²) in [5, 5.41) is 3.37. The summed E-state index contributed by atoms with van der Waals surface area (Å²) < 4.78 is 5.37. The molecule has 4 heteroatoms. The van der Waals surface area contributed by atoms with Crippen LogP contribution in [-0.4, -0.2) is 49.2 Å². The number of hydrogen-bond donors (Lipinski definition) is 1. The molecule has 0 amide bonds. The van der Waals surface area contributed by atoms with Crippen LogP contribution in [0.2, 0.25) is 0 Å². The SMILES string of the molecule is CCN(CC(=O)OC(C)(C)C)CC1CCNCC1. The van der Waals surface area contributed by atoms with Crippen LogP contribution in [0.15, 0.2) is 0 Å². The maximum atomic E-state index is 11.8. The van der Waals surface area contributed by atoms with Crippen molar-refractivity contribution in [3.63, 3.8) is 0 Å². The number of rotatable bonds is 5. The molecule has 0 radical (unpaired) electrons. The highest BCUT2D eigenvalue weighted by molar-refractivity contribution is 5.72. The quantitative estimate of drug-likeness (QED) is 0.760. The van der Waals surface area contributed by atoms with E-state index in [1.54, 1.807) is 0 Å². The number of carbonyl (C=O) groups is 1. The van der Waals surface area contributed by atoms with E-state index in [1.807, 2.05) is 20.8 Å². The Morgan fingerprint density at radius 1 is 1.33 bits per heavy atom. The van der Waals surface area contributed by atoms with Crippen molar-refractivity contribution in [3.05, 3.63) is 0 Å². The largest absolute Gasteiger partial charge is 0.459 e. The molecule has 18 heavy (non-hydrogen) atoms. The Bertz CT molecular complexity index is 255. The number of nitrogens with one attached hydrogen (secondary N) is 1. The van der Waals surface area contributed by atoms with Crippen LogP contribution in [0.4, 0.5) is 0 Å². The van der Waals surface area contributed by atoms with E-state index >= 15 is 0 Å². The van der Waals surface area contributed by atoms with E-state index < -0.39 is 0 Å². The molecule has 0 aromatic heterocycles. The molecular formula is C14H28N2O2. The molecule has 1 saturated heterocycles. The van der Waals surface area contributed by atoms with Gasteiger partial charge < -0.3 is 10.1 Å². The molecular weight excluding hydrogens is 228 g/mol. The van der Waals surface area contributed by atoms with E-state index in [-0.39, 0.29) is 11.6 Å². The van der Waals surface area contributed by atoms with Crippen LogP contribution in [-0.2, 0) is 9.53 Å². The first-order valence-electron chi connectivity index (χ1n) is 7.05. The van der Waals surface area contributed by atoms with Crippen LogP contribution in [0.25, 0.3) is 0 Å². The van der Waals surface area contributed by atoms with Gasteiger partial charge in [-0.25, -0.2) is 0 Å². The third kappa shape index (κ3) is 6.36. The number of piperidine rings is 1. The summed E-state index contributed by atoms with van der Waals surface area (Å²) in [5.74, 6) is 0.604. The first kappa shape index (κ1) is 15.4. The molecule has 4 nitrogen and oxygen atoms in total. The van der Waals surface area contributed by atoms with Gasteiger partial charge in [-0.2, -0.15) is 0 Å². The van der Waals surface area contributed by atoms with Crippen LogP contribution < -0.4 is 5.32 Å². The van der Waals surface area contributed by atoms with Gasteiger partial charge in [0, 0.05) is 6.54 Å². The minimum atomic E-state index is -0.384. The molecule has 0 aromatic rings. The van der Waals surface area contributed by atoms with E-state index in [2.05, 4.69) is 17.1 Å². The summed E-state index contributed by atoms with van der Waals surface area (Å²) in [6.45, 7) is 12.4. The first-order valence-corrected chi connectivity index (χ1v) is 7.05. The average Bonchev–Trinajstić information content (AvgIpc) is 2.27. The minimum Gasteiger partial charge on any atom is -0.459 e. The van der Waals surface area contributed by atoms with Crippen molar-refractivity contribution in [2.75, 3.05) is 32.7 Å². The fourth-order valence-corrected chi connectivity index (χ4v) is 2.29. The number of ether oxygens (including phenoxy) is 1. The van der Waals surface area contributed by atoms with E-state index in [1.165, 1.54) is 12.8 Å². The zero-order valence-electron chi connectivity index (χ0n) is 12.3. The lowest BCUT2D eigenvalue weighted by Crippen LogP contribution is -2.40. The molecule has 0 aromatic carbocycles. The molecule has 1 fully saturated rings. The molecule has 1 N–H and O–H groups in total. The third-order valence-corrected chi connectivity index (χ3v) is 3.20. The lowest BCUT2D eigenvalue weighted by atomic mass is 9.97. The zero-order valence-corrected chi connectivity index (χ0v) is 12.3. The minimum absolute atomic E-state index is 0.113. The third-order valence-electron chi connectivity index (χ3n) is 3.20. The molecule has 1 heterocycles. The van der Waals surface area contributed by atoms with Crippen molar-refractivity contribution in [1.29, 1.82) is 0 Å². The van der Waals surface area contributed by atoms with E-state index in [4.69, 9.17) is 4.74 Å². The van der Waals surface area contributed by atoms with Crippen molar-refractivity contribution < 1.29 is 9.53 Å². The van der Waals surface area contributed by atoms with E-state index in [0.717, 1.165) is 26.2 Å². The number of carbonyl (C=O) groups excluding carboxylic acids is 1. The second-order valence-electron chi connectivity index (χ2n) is 6.11. The molecule has 106 valence electrons. The van der Waals surface area contributed by atoms with Gasteiger partial charge in [-0.05, 0) is 59.2 Å². The van der Waals surface area contributed by atoms with Crippen LogP contribution in [0, 0.1) is 5.92 Å². The van der Waals surface area contributed by atoms with Gasteiger partial charge in [-0.1, -0.05) is 6.92 Å². The summed E-state index contributed by atoms with van der Waals surface area (Å²) in [6, 6.07) is 0. The summed E-state index contributed by atoms with van der Waals surface area (Å²) in [4.78, 5) is 14.0. The summed E-state index contributed by atoms with van der Waals surface area (Å²) in [5.41, 5.74) is -0.384. The lowest BCUT2D eigenvalue weighted by Gasteiger charge is -2.29. The van der Waals surface area contributed by atoms with Crippen molar-refractivity contribution in [3.8, 4) is 0 Å². The Morgan fingerprint density at radius 2 is 1.94 bits per heavy atom. The summed E-state index contributed by atoms with van der Waals surface area (Å²) in [6.07, 6.45) is 2.43. The summed E-state index contributed by atoms with van der Waals surface area (Å²) >= 11 is 0. The maximum Gasteiger partial charge on any atom is 0.320 e. The van der Waals surface area contributed by atoms with Gasteiger partial charge in [0.1, 0.15) is 5.60 Å². The smallest absolute Gasteiger partial charge is 0.320 e. The normalized spacial score (nSPS) is 18.1. The topological polar surface area (TPSA) is 41.6 Å². The highest BCUT2D eigenvalue weighted by Gasteiger charge is 2.21. The fraction of sp³-hybridized carbons (Fsp3) is 0.929. The van der Waals surface area contributed by atoms with Gasteiger partial charge in [0.15, 0.2) is 0 Å². The number of hydrogen-bond acceptors (Lipinski definition) is 4. The van der Waals surface area contributed by atoms with Crippen molar-refractivity contribution in [2.45, 2.75) is 46.1 Å². The van der Waals surface area contributed by atoms with Crippen LogP contribution in [0.1, 0.15) is 40.5 Å². The molecule has 0 aliphatic carbocycles. The van der Waals surface area contributed by atoms with Crippen molar-refractivity contribution in [1.82, 2.24) is 10.2 Å². The van der Waals surface area contributed by atoms with Gasteiger partial charge in [-0.15, -0.1) is 0 Å². The Kier molecular flexibility index (Phi) is 6.09. The predicted molar refractivity (Wildman–Crippen MR) is 73.6 cm³/mol. The lowest BCUT2D eigenvalue weighted by molar-refractivity contribution is -0.156. The average molecular weight is 256 g/mol. The number of likely N-dealkylation sites (N-methyl/N-ethyl adjacent to an activating group) is 1. The molecule has 0 atom stereocenters. The molecule has 0 bridgehead atoms. The standard InChI is InChI=1S/C14H28N2O2/c1-5-16(10-12-6-8-15-9-7-12)11-13(17)18-14(2,3)4/h12,15H,5-11H2,1-4H3. The zero-order chi connectivity index (χ0) is 13.6. The molecule has 0 unspecified atom stereocenters. The molecule has 1 aliphatic heterocycles. The Hall–Kier alpha value is -0.610. The van der Waals surface area contributed by atoms with Crippen LogP contribution in [0.3, 0.4) is 0 Å². The van der Waals surface area contributed by atoms with Crippen molar-refractivity contribution >= 4 is 5.97 Å². The first-order chi connectivity index (χ1) is 8.40. The van der Waals surface area contributed by atoms with Gasteiger partial charge in [0.25, 0.3) is 0 Å². The molecule has 1 rings (SSSR count). The van der Waals surface area contributed by atoms with Crippen LogP contribution in [0.5, 0.6) is 0 Å². The highest BCUT2D eigenvalue weighted by atomic mass is 16.6. The maximum absolute atomic E-state index is 11.8. The Morgan fingerprint density at radius 3 is 2.44 bits per heavy atom. The Balaban J connectivity index is 2.34. The second kappa shape index (κ2) is 7.10. The predicted octanol–water partition coefficient (Wildman–Crippen LogP) is 1.65. The van der Waals surface area contributed by atoms with Gasteiger partial charge in [-0.3, -0.25) is 9.69 Å². The second-order valence-corrected chi connectivity index (χ2v) is 6.11. The molecule has 1 aliphatic rings. The fourth-order valence-electron chi connectivity index (χ4n) is 2.29. The molecule has 0 spiro atoms. The summed E-state index contributed by atoms with van der Waals surface area (Å²) in [7, 11) is 0. The molecule has 0 saturated carbocycles. The van der Waals surface area contributed by atoms with Crippen LogP contribution >= 0.6 is 0 Å². The van der Waals surface area contributed by atoms with Gasteiger partial charge in [0.2, 0.25) is 0 Å². The Labute approximate surface area is 111 Å². The van der Waals surface area contributed by atoms with Gasteiger partial charge in [0.05, 0.1) is 6.54 Å².